The Bertz CT molecular complexity index is 1670. The number of nitrogens with one attached hydrogen (secondary N) is 2. The summed E-state index contributed by atoms with van der Waals surface area (Å²) in [6, 6.07) is 2.62. The summed E-state index contributed by atoms with van der Waals surface area (Å²) < 4.78 is 61.3. The van der Waals surface area contributed by atoms with Crippen molar-refractivity contribution in [2.45, 2.75) is 107 Å². The number of hydrogen-bond acceptors (Lipinski definition) is 8. The highest BCUT2D eigenvalue weighted by Gasteiger charge is 2.49. The Labute approximate surface area is 261 Å². The number of nitrogens with zero attached hydrogens (tertiary/aromatic N) is 6. The Morgan fingerprint density at radius 3 is 2.41 bits per heavy atom. The number of carbonyl (C=O) groups is 2. The molecular formula is C31H34F4N8O3. The van der Waals surface area contributed by atoms with Crippen molar-refractivity contribution in [1.29, 1.82) is 5.26 Å². The molecule has 4 aliphatic rings. The number of rotatable bonds is 10. The van der Waals surface area contributed by atoms with Gasteiger partial charge in [-0.3, -0.25) is 9.59 Å². The van der Waals surface area contributed by atoms with Gasteiger partial charge in [-0.25, -0.2) is 31.7 Å². The van der Waals surface area contributed by atoms with E-state index in [1.165, 1.54) is 10.7 Å². The highest BCUT2D eigenvalue weighted by molar-refractivity contribution is 5.93. The van der Waals surface area contributed by atoms with Crippen molar-refractivity contribution in [3.63, 3.8) is 0 Å². The number of carbonyl (C=O) groups excluding carboxylic acids is 2. The zero-order chi connectivity index (χ0) is 32.3. The molecular weight excluding hydrogens is 608 g/mol. The van der Waals surface area contributed by atoms with Gasteiger partial charge in [-0.15, -0.1) is 0 Å². The monoisotopic (exact) mass is 642 g/mol. The molecule has 4 saturated carbocycles. The molecule has 0 bridgehead atoms. The quantitative estimate of drug-likeness (QED) is 0.272. The molecule has 7 rings (SSSR count). The van der Waals surface area contributed by atoms with Crippen molar-refractivity contribution >= 4 is 17.5 Å². The van der Waals surface area contributed by atoms with E-state index in [4.69, 9.17) is 9.61 Å². The molecule has 0 spiro atoms. The van der Waals surface area contributed by atoms with E-state index in [0.29, 0.717) is 35.4 Å². The van der Waals surface area contributed by atoms with Crippen LogP contribution >= 0.6 is 0 Å². The fourth-order valence-electron chi connectivity index (χ4n) is 7.21. The summed E-state index contributed by atoms with van der Waals surface area (Å²) in [5.74, 6) is -7.07. The average Bonchev–Trinajstić information content (AvgIpc) is 3.53. The van der Waals surface area contributed by atoms with Gasteiger partial charge in [0.25, 0.3) is 5.91 Å². The zero-order valence-corrected chi connectivity index (χ0v) is 25.0. The van der Waals surface area contributed by atoms with Crippen molar-refractivity contribution in [3.05, 3.63) is 41.1 Å². The summed E-state index contributed by atoms with van der Waals surface area (Å²) in [6.07, 6.45) is 5.85. The first-order chi connectivity index (χ1) is 21.9. The molecule has 3 aromatic rings. The summed E-state index contributed by atoms with van der Waals surface area (Å²) in [5, 5.41) is 28.2. The molecule has 3 heterocycles. The molecule has 0 saturated heterocycles. The first-order valence-corrected chi connectivity index (χ1v) is 15.9. The Balaban J connectivity index is 1.16. The van der Waals surface area contributed by atoms with Crippen LogP contribution in [0.4, 0.5) is 17.6 Å². The Morgan fingerprint density at radius 1 is 1.04 bits per heavy atom. The van der Waals surface area contributed by atoms with Crippen LogP contribution in [-0.2, 0) is 4.79 Å². The summed E-state index contributed by atoms with van der Waals surface area (Å²) >= 11 is 0. The molecule has 3 aromatic heterocycles. The minimum atomic E-state index is -2.77. The lowest BCUT2D eigenvalue weighted by Gasteiger charge is -2.43. The van der Waals surface area contributed by atoms with Gasteiger partial charge in [0.05, 0.1) is 41.7 Å². The van der Waals surface area contributed by atoms with Crippen LogP contribution in [0.15, 0.2) is 23.1 Å². The highest BCUT2D eigenvalue weighted by Crippen LogP contribution is 2.50. The maximum atomic E-state index is 14.1. The van der Waals surface area contributed by atoms with Crippen molar-refractivity contribution in [1.82, 2.24) is 35.5 Å². The van der Waals surface area contributed by atoms with Crippen LogP contribution in [0, 0.1) is 28.6 Å². The van der Waals surface area contributed by atoms with Crippen LogP contribution in [0.5, 0.6) is 0 Å². The van der Waals surface area contributed by atoms with Gasteiger partial charge < -0.3 is 10.6 Å². The third-order valence-corrected chi connectivity index (χ3v) is 10.2. The van der Waals surface area contributed by atoms with Crippen molar-refractivity contribution in [2.75, 3.05) is 0 Å². The molecule has 15 heteroatoms. The lowest BCUT2D eigenvalue weighted by molar-refractivity contribution is -0.135. The number of hydrogen-bond donors (Lipinski definition) is 2. The van der Waals surface area contributed by atoms with Crippen LogP contribution in [0.3, 0.4) is 0 Å². The Kier molecular flexibility index (Phi) is 7.51. The third kappa shape index (κ3) is 5.93. The second-order valence-corrected chi connectivity index (χ2v) is 13.6. The van der Waals surface area contributed by atoms with Gasteiger partial charge in [-0.2, -0.15) is 10.4 Å². The average molecular weight is 643 g/mol. The molecule has 11 nitrogen and oxygen atoms in total. The van der Waals surface area contributed by atoms with E-state index in [1.54, 1.807) is 12.3 Å². The smallest absolute Gasteiger partial charge is 0.276 e. The second kappa shape index (κ2) is 11.3. The predicted molar refractivity (Wildman–Crippen MR) is 151 cm³/mol. The first kappa shape index (κ1) is 30.6. The van der Waals surface area contributed by atoms with Crippen molar-refractivity contribution in [3.8, 4) is 6.07 Å². The van der Waals surface area contributed by atoms with Crippen LogP contribution in [0.2, 0.25) is 0 Å². The molecule has 46 heavy (non-hydrogen) atoms. The zero-order valence-electron chi connectivity index (χ0n) is 25.0. The van der Waals surface area contributed by atoms with Crippen molar-refractivity contribution < 1.29 is 31.8 Å². The molecule has 2 atom stereocenters. The largest absolute Gasteiger partial charge is 0.348 e. The SMILES string of the molecule is N#CC1([C@@H](NC(=O)CC2CC(F)(F)C2)c2cnn3cc([C@@H](NC(=O)c4nonc4C4CC4)C4CCC(F)(F)CC4)nc3c2)CCC1. The van der Waals surface area contributed by atoms with Gasteiger partial charge in [-0.1, -0.05) is 11.6 Å². The molecule has 0 aliphatic heterocycles. The molecule has 4 aliphatic carbocycles. The molecule has 0 aromatic carbocycles. The van der Waals surface area contributed by atoms with E-state index in [1.807, 2.05) is 0 Å². The molecule has 0 unspecified atom stereocenters. The summed E-state index contributed by atoms with van der Waals surface area (Å²) in [7, 11) is 0. The molecule has 244 valence electrons. The van der Waals surface area contributed by atoms with Gasteiger partial charge >= 0.3 is 0 Å². The van der Waals surface area contributed by atoms with E-state index >= 15 is 0 Å². The number of imidazole rings is 1. The minimum Gasteiger partial charge on any atom is -0.348 e. The van der Waals surface area contributed by atoms with E-state index in [0.717, 1.165) is 19.3 Å². The van der Waals surface area contributed by atoms with Crippen LogP contribution in [0.25, 0.3) is 5.65 Å². The third-order valence-electron chi connectivity index (χ3n) is 10.2. The normalized spacial score (nSPS) is 23.5. The van der Waals surface area contributed by atoms with E-state index in [2.05, 4.69) is 32.1 Å². The number of aromatic nitrogens is 5. The number of nitriles is 1. The maximum Gasteiger partial charge on any atom is 0.276 e. The number of fused-ring (bicyclic) bond motifs is 1. The lowest BCUT2D eigenvalue weighted by Crippen LogP contribution is -2.46. The fourth-order valence-corrected chi connectivity index (χ4v) is 7.21. The van der Waals surface area contributed by atoms with Crippen molar-refractivity contribution in [2.24, 2.45) is 17.3 Å². The van der Waals surface area contributed by atoms with Gasteiger partial charge in [0.15, 0.2) is 11.3 Å². The molecule has 0 radical (unpaired) electrons. The van der Waals surface area contributed by atoms with E-state index in [-0.39, 0.29) is 62.5 Å². The van der Waals surface area contributed by atoms with E-state index in [9.17, 15) is 32.4 Å². The summed E-state index contributed by atoms with van der Waals surface area (Å²) in [6.45, 7) is 0. The number of alkyl halides is 4. The maximum absolute atomic E-state index is 14.1. The number of halogens is 4. The topological polar surface area (TPSA) is 151 Å². The first-order valence-electron chi connectivity index (χ1n) is 15.9. The highest BCUT2D eigenvalue weighted by atomic mass is 19.3. The van der Waals surface area contributed by atoms with E-state index < -0.39 is 47.1 Å². The van der Waals surface area contributed by atoms with Gasteiger partial charge in [0, 0.05) is 38.0 Å². The minimum absolute atomic E-state index is 0.0535. The second-order valence-electron chi connectivity index (χ2n) is 13.6. The van der Waals surface area contributed by atoms with Crippen LogP contribution < -0.4 is 10.6 Å². The van der Waals surface area contributed by atoms with Gasteiger partial charge in [0.2, 0.25) is 17.8 Å². The summed E-state index contributed by atoms with van der Waals surface area (Å²) in [5.41, 5.74) is 1.02. The molecule has 2 N–H and O–H groups in total. The van der Waals surface area contributed by atoms with Crippen LogP contribution in [0.1, 0.15) is 122 Å². The standard InChI is InChI=1S/C31H34F4N8O3/c32-30(33)8-4-19(5-9-30)24(40-28(45)26-25(18-2-3-18)41-46-42-26)21-15-43-22(38-21)11-20(14-37-43)27(29(16-36)6-1-7-29)39-23(44)10-17-12-31(34,35)13-17/h11,14-15,17-19,24,27H,1-10,12-13H2,(H,39,44)(H,40,45)/t24-,27-/m0/s1. The number of amides is 2. The lowest BCUT2D eigenvalue weighted by atomic mass is 9.63. The fraction of sp³-hybridized carbons (Fsp3) is 0.645. The Morgan fingerprint density at radius 2 is 1.78 bits per heavy atom. The van der Waals surface area contributed by atoms with Gasteiger partial charge in [-0.05, 0) is 67.1 Å². The molecule has 2 amide bonds. The van der Waals surface area contributed by atoms with Gasteiger partial charge in [0.1, 0.15) is 5.69 Å². The van der Waals surface area contributed by atoms with Crippen LogP contribution in [-0.4, -0.2) is 48.6 Å². The summed E-state index contributed by atoms with van der Waals surface area (Å²) in [4.78, 5) is 31.1. The Hall–Kier alpha value is -4.09. The predicted octanol–water partition coefficient (Wildman–Crippen LogP) is 5.57. The molecule has 4 fully saturated rings.